The van der Waals surface area contributed by atoms with E-state index in [-0.39, 0.29) is 22.7 Å². The summed E-state index contributed by atoms with van der Waals surface area (Å²) in [4.78, 5) is 34.3. The van der Waals surface area contributed by atoms with Crippen LogP contribution in [0, 0.1) is 10.1 Å². The highest BCUT2D eigenvalue weighted by Crippen LogP contribution is 2.29. The minimum atomic E-state index is -0.721. The first-order valence-corrected chi connectivity index (χ1v) is 9.48. The first-order chi connectivity index (χ1) is 13.9. The third kappa shape index (κ3) is 5.42. The van der Waals surface area contributed by atoms with Gasteiger partial charge in [0.15, 0.2) is 6.61 Å². The monoisotopic (exact) mass is 414 g/mol. The average molecular weight is 415 g/mol. The number of nitro groups is 1. The molecule has 1 atom stereocenters. The molecule has 0 fully saturated rings. The Morgan fingerprint density at radius 1 is 1.28 bits per heavy atom. The lowest BCUT2D eigenvalue weighted by atomic mass is 9.88. The molecule has 0 radical (unpaired) electrons. The molecule has 2 aromatic rings. The van der Waals surface area contributed by atoms with Crippen LogP contribution in [0.4, 0.5) is 5.69 Å². The molecule has 2 aromatic carbocycles. The number of carbonyl (C=O) groups excluding carboxylic acids is 2. The fourth-order valence-corrected chi connectivity index (χ4v) is 3.45. The maximum Gasteiger partial charge on any atom is 0.331 e. The maximum absolute atomic E-state index is 12.2. The number of esters is 1. The van der Waals surface area contributed by atoms with Crippen molar-refractivity contribution in [2.24, 2.45) is 0 Å². The number of benzene rings is 2. The van der Waals surface area contributed by atoms with E-state index in [4.69, 9.17) is 16.3 Å². The highest BCUT2D eigenvalue weighted by atomic mass is 35.5. The van der Waals surface area contributed by atoms with Crippen LogP contribution in [-0.2, 0) is 20.7 Å². The van der Waals surface area contributed by atoms with Gasteiger partial charge in [0.1, 0.15) is 5.02 Å². The molecule has 3 rings (SSSR count). The van der Waals surface area contributed by atoms with Crippen molar-refractivity contribution in [1.82, 2.24) is 5.32 Å². The van der Waals surface area contributed by atoms with E-state index in [0.29, 0.717) is 5.56 Å². The second kappa shape index (κ2) is 9.34. The normalized spacial score (nSPS) is 15.6. The van der Waals surface area contributed by atoms with Crippen LogP contribution < -0.4 is 5.32 Å². The molecule has 0 heterocycles. The maximum atomic E-state index is 12.2. The van der Waals surface area contributed by atoms with Crippen molar-refractivity contribution in [3.05, 3.63) is 80.4 Å². The summed E-state index contributed by atoms with van der Waals surface area (Å²) < 4.78 is 4.96. The zero-order valence-corrected chi connectivity index (χ0v) is 16.2. The number of nitrogens with one attached hydrogen (secondary N) is 1. The molecular weight excluding hydrogens is 396 g/mol. The van der Waals surface area contributed by atoms with Crippen molar-refractivity contribution in [1.29, 1.82) is 0 Å². The number of ether oxygens (including phenoxy) is 1. The van der Waals surface area contributed by atoms with E-state index < -0.39 is 17.5 Å². The molecule has 150 valence electrons. The number of halogens is 1. The lowest BCUT2D eigenvalue weighted by Gasteiger charge is -2.26. The Kier molecular flexibility index (Phi) is 6.61. The Balaban J connectivity index is 1.52. The van der Waals surface area contributed by atoms with E-state index in [0.717, 1.165) is 30.9 Å². The number of rotatable bonds is 6. The number of amides is 1. The van der Waals surface area contributed by atoms with E-state index in [2.05, 4.69) is 11.4 Å². The lowest BCUT2D eigenvalue weighted by molar-refractivity contribution is -0.384. The zero-order chi connectivity index (χ0) is 20.8. The molecule has 29 heavy (non-hydrogen) atoms. The zero-order valence-electron chi connectivity index (χ0n) is 15.5. The molecule has 0 bridgehead atoms. The first kappa shape index (κ1) is 20.5. The molecule has 7 nitrogen and oxygen atoms in total. The largest absolute Gasteiger partial charge is 0.452 e. The second-order valence-corrected chi connectivity index (χ2v) is 7.03. The third-order valence-electron chi connectivity index (χ3n) is 4.63. The van der Waals surface area contributed by atoms with Crippen molar-refractivity contribution in [2.75, 3.05) is 6.61 Å². The molecule has 8 heteroatoms. The highest BCUT2D eigenvalue weighted by molar-refractivity contribution is 6.32. The van der Waals surface area contributed by atoms with E-state index in [1.54, 1.807) is 0 Å². The van der Waals surface area contributed by atoms with Crippen molar-refractivity contribution < 1.29 is 19.2 Å². The van der Waals surface area contributed by atoms with E-state index >= 15 is 0 Å². The molecule has 1 unspecified atom stereocenters. The number of hydrogen-bond acceptors (Lipinski definition) is 5. The fourth-order valence-electron chi connectivity index (χ4n) is 3.26. The molecule has 1 amide bonds. The first-order valence-electron chi connectivity index (χ1n) is 9.10. The summed E-state index contributed by atoms with van der Waals surface area (Å²) in [6, 6.07) is 12.0. The molecule has 1 aliphatic rings. The predicted molar refractivity (Wildman–Crippen MR) is 108 cm³/mol. The number of nitro benzene ring substituents is 1. The Labute approximate surface area is 172 Å². The Hall–Kier alpha value is -3.19. The molecule has 0 saturated carbocycles. The summed E-state index contributed by atoms with van der Waals surface area (Å²) in [7, 11) is 0. The SMILES string of the molecule is O=C(COC(=O)/C=C/c1ccc(Cl)c([N+](=O)[O-])c1)NC1CCCc2ccccc21. The molecule has 0 spiro atoms. The quantitative estimate of drug-likeness (QED) is 0.333. The summed E-state index contributed by atoms with van der Waals surface area (Å²) in [5.41, 5.74) is 2.49. The topological polar surface area (TPSA) is 98.5 Å². The van der Waals surface area contributed by atoms with Crippen molar-refractivity contribution in [2.45, 2.75) is 25.3 Å². The molecule has 0 saturated heterocycles. The van der Waals surface area contributed by atoms with Crippen LogP contribution in [0.5, 0.6) is 0 Å². The van der Waals surface area contributed by atoms with Gasteiger partial charge in [-0.25, -0.2) is 4.79 Å². The molecule has 1 N–H and O–H groups in total. The van der Waals surface area contributed by atoms with Crippen LogP contribution in [0.3, 0.4) is 0 Å². The number of carbonyl (C=O) groups is 2. The smallest absolute Gasteiger partial charge is 0.331 e. The van der Waals surface area contributed by atoms with Crippen molar-refractivity contribution >= 4 is 35.2 Å². The summed E-state index contributed by atoms with van der Waals surface area (Å²) in [6.45, 7) is -0.400. The molecule has 1 aliphatic carbocycles. The van der Waals surface area contributed by atoms with Crippen LogP contribution in [0.25, 0.3) is 6.08 Å². The van der Waals surface area contributed by atoms with Crippen molar-refractivity contribution in [3.63, 3.8) is 0 Å². The van der Waals surface area contributed by atoms with Gasteiger partial charge in [0, 0.05) is 12.1 Å². The van der Waals surface area contributed by atoms with E-state index in [1.807, 2.05) is 18.2 Å². The van der Waals surface area contributed by atoms with Crippen LogP contribution in [0.15, 0.2) is 48.5 Å². The fraction of sp³-hybridized carbons (Fsp3) is 0.238. The van der Waals surface area contributed by atoms with Gasteiger partial charge in [-0.2, -0.15) is 0 Å². The number of fused-ring (bicyclic) bond motifs is 1. The number of hydrogen-bond donors (Lipinski definition) is 1. The van der Waals surface area contributed by atoms with Gasteiger partial charge < -0.3 is 10.1 Å². The summed E-state index contributed by atoms with van der Waals surface area (Å²) in [6.07, 6.45) is 5.28. The number of aryl methyl sites for hydroxylation is 1. The van der Waals surface area contributed by atoms with Crippen LogP contribution >= 0.6 is 11.6 Å². The summed E-state index contributed by atoms with van der Waals surface area (Å²) in [5.74, 6) is -1.10. The minimum Gasteiger partial charge on any atom is -0.452 e. The Morgan fingerprint density at radius 2 is 2.07 bits per heavy atom. The van der Waals surface area contributed by atoms with Crippen LogP contribution in [0.1, 0.15) is 35.6 Å². The average Bonchev–Trinajstić information content (AvgIpc) is 2.71. The Morgan fingerprint density at radius 3 is 2.86 bits per heavy atom. The van der Waals surface area contributed by atoms with Gasteiger partial charge in [0.05, 0.1) is 11.0 Å². The van der Waals surface area contributed by atoms with E-state index in [9.17, 15) is 19.7 Å². The van der Waals surface area contributed by atoms with Gasteiger partial charge in [-0.15, -0.1) is 0 Å². The Bertz CT molecular complexity index is 973. The molecular formula is C21H19ClN2O5. The predicted octanol–water partition coefficient (Wildman–Crippen LogP) is 4.00. The van der Waals surface area contributed by atoms with Gasteiger partial charge in [0.2, 0.25) is 0 Å². The third-order valence-corrected chi connectivity index (χ3v) is 4.95. The van der Waals surface area contributed by atoms with Gasteiger partial charge in [-0.3, -0.25) is 14.9 Å². The van der Waals surface area contributed by atoms with Gasteiger partial charge in [-0.05, 0) is 48.1 Å². The molecule has 0 aromatic heterocycles. The number of nitrogens with zero attached hydrogens (tertiary/aromatic N) is 1. The standard InChI is InChI=1S/C21H19ClN2O5/c22-17-10-8-14(12-19(17)24(27)28)9-11-21(26)29-13-20(25)23-18-7-3-5-15-4-1-2-6-16(15)18/h1-2,4,6,8-12,18H,3,5,7,13H2,(H,23,25)/b11-9+. The van der Waals surface area contributed by atoms with Gasteiger partial charge in [0.25, 0.3) is 11.6 Å². The highest BCUT2D eigenvalue weighted by Gasteiger charge is 2.21. The van der Waals surface area contributed by atoms with Crippen molar-refractivity contribution in [3.8, 4) is 0 Å². The van der Waals surface area contributed by atoms with Crippen LogP contribution in [-0.4, -0.2) is 23.4 Å². The lowest BCUT2D eigenvalue weighted by Crippen LogP contribution is -2.34. The van der Waals surface area contributed by atoms with Gasteiger partial charge in [-0.1, -0.05) is 41.9 Å². The van der Waals surface area contributed by atoms with E-state index in [1.165, 1.54) is 29.8 Å². The van der Waals surface area contributed by atoms with Gasteiger partial charge >= 0.3 is 5.97 Å². The minimum absolute atomic E-state index is 0.00989. The summed E-state index contributed by atoms with van der Waals surface area (Å²) in [5, 5.41) is 13.8. The second-order valence-electron chi connectivity index (χ2n) is 6.62. The molecule has 0 aliphatic heterocycles. The van der Waals surface area contributed by atoms with Crippen LogP contribution in [0.2, 0.25) is 5.02 Å². The summed E-state index contributed by atoms with van der Waals surface area (Å²) >= 11 is 5.75.